The summed E-state index contributed by atoms with van der Waals surface area (Å²) in [6, 6.07) is 0. The molecule has 0 spiro atoms. The summed E-state index contributed by atoms with van der Waals surface area (Å²) in [4.78, 5) is 0. The summed E-state index contributed by atoms with van der Waals surface area (Å²) in [5, 5.41) is 8.47. The van der Waals surface area contributed by atoms with Crippen LogP contribution in [-0.4, -0.2) is 4.57 Å². The van der Waals surface area contributed by atoms with E-state index in [9.17, 15) is 0 Å². The Morgan fingerprint density at radius 1 is 1.83 bits per heavy atom. The molecule has 12 heavy (non-hydrogen) atoms. The van der Waals surface area contributed by atoms with Crippen LogP contribution in [0.2, 0.25) is 0 Å². The van der Waals surface area contributed by atoms with Crippen LogP contribution in [0.25, 0.3) is 0 Å². The minimum absolute atomic E-state index is 0.890. The molecule has 1 aromatic heterocycles. The SMILES string of the molecule is C=CCn1cc[n+](C)c1.N#C[S-]. The molecule has 0 aliphatic heterocycles. The standard InChI is InChI=1S/C7H11N2.CHNS/c1-3-4-9-6-5-8(2)7-9;2-1-3/h3,5-7H,1,4H2,2H3;3H/q+1;/p-1. The van der Waals surface area contributed by atoms with Crippen molar-refractivity contribution in [2.24, 2.45) is 7.05 Å². The van der Waals surface area contributed by atoms with Crippen molar-refractivity contribution >= 4 is 12.6 Å². The lowest BCUT2D eigenvalue weighted by Crippen LogP contribution is -2.23. The van der Waals surface area contributed by atoms with Gasteiger partial charge in [0.2, 0.25) is 6.33 Å². The number of hydrogen-bond donors (Lipinski definition) is 0. The number of hydrogen-bond acceptors (Lipinski definition) is 2. The van der Waals surface area contributed by atoms with E-state index >= 15 is 0 Å². The smallest absolute Gasteiger partial charge is 0.243 e. The minimum atomic E-state index is 0.890. The van der Waals surface area contributed by atoms with E-state index in [1.54, 1.807) is 0 Å². The van der Waals surface area contributed by atoms with Gasteiger partial charge < -0.3 is 12.6 Å². The lowest BCUT2D eigenvalue weighted by Gasteiger charge is -1.83. The number of nitriles is 1. The van der Waals surface area contributed by atoms with Crippen LogP contribution >= 0.6 is 0 Å². The predicted molar refractivity (Wildman–Crippen MR) is 48.8 cm³/mol. The van der Waals surface area contributed by atoms with E-state index in [0.29, 0.717) is 0 Å². The third-order valence-electron chi connectivity index (χ3n) is 1.16. The maximum Gasteiger partial charge on any atom is 0.243 e. The summed E-state index contributed by atoms with van der Waals surface area (Å²) in [6.45, 7) is 4.52. The van der Waals surface area contributed by atoms with E-state index in [-0.39, 0.29) is 0 Å². The van der Waals surface area contributed by atoms with E-state index in [1.165, 1.54) is 5.40 Å². The fraction of sp³-hybridized carbons (Fsp3) is 0.250. The number of rotatable bonds is 2. The van der Waals surface area contributed by atoms with Crippen molar-refractivity contribution < 1.29 is 4.57 Å². The van der Waals surface area contributed by atoms with Crippen LogP contribution in [0.1, 0.15) is 0 Å². The number of nitrogens with zero attached hydrogens (tertiary/aromatic N) is 3. The number of aryl methyl sites for hydroxylation is 1. The molecule has 0 aliphatic rings. The Labute approximate surface area is 78.0 Å². The molecule has 0 radical (unpaired) electrons. The molecule has 1 aromatic rings. The largest absolute Gasteiger partial charge is 0.696 e. The van der Waals surface area contributed by atoms with Gasteiger partial charge in [-0.05, 0) is 0 Å². The molecule has 1 rings (SSSR count). The number of imidazole rings is 1. The summed E-state index contributed by atoms with van der Waals surface area (Å²) >= 11 is 3.70. The Morgan fingerprint density at radius 2 is 2.42 bits per heavy atom. The summed E-state index contributed by atoms with van der Waals surface area (Å²) in [7, 11) is 2.00. The molecule has 3 nitrogen and oxygen atoms in total. The fourth-order valence-electron chi connectivity index (χ4n) is 0.759. The summed E-state index contributed by atoms with van der Waals surface area (Å²) in [6.07, 6.45) is 7.91. The molecule has 4 heteroatoms. The van der Waals surface area contributed by atoms with Crippen molar-refractivity contribution in [2.75, 3.05) is 0 Å². The molecule has 0 unspecified atom stereocenters. The molecule has 64 valence electrons. The number of thiocyanates is 1. The highest BCUT2D eigenvalue weighted by atomic mass is 32.1. The number of allylic oxidation sites excluding steroid dienone is 1. The molecular formula is C8H11N3S. The molecule has 0 atom stereocenters. The van der Waals surface area contributed by atoms with Crippen molar-refractivity contribution in [3.05, 3.63) is 31.4 Å². The van der Waals surface area contributed by atoms with Crippen molar-refractivity contribution in [1.29, 1.82) is 5.26 Å². The zero-order valence-electron chi connectivity index (χ0n) is 6.97. The van der Waals surface area contributed by atoms with Gasteiger partial charge >= 0.3 is 0 Å². The minimum Gasteiger partial charge on any atom is -0.696 e. The first kappa shape index (κ1) is 10.7. The van der Waals surface area contributed by atoms with Crippen LogP contribution < -0.4 is 4.57 Å². The zero-order chi connectivity index (χ0) is 9.40. The van der Waals surface area contributed by atoms with Crippen molar-refractivity contribution in [1.82, 2.24) is 4.57 Å². The van der Waals surface area contributed by atoms with E-state index in [2.05, 4.69) is 23.8 Å². The van der Waals surface area contributed by atoms with Gasteiger partial charge in [-0.25, -0.2) is 14.4 Å². The van der Waals surface area contributed by atoms with Crippen molar-refractivity contribution in [2.45, 2.75) is 6.54 Å². The van der Waals surface area contributed by atoms with Crippen molar-refractivity contribution in [3.8, 4) is 5.40 Å². The first-order valence-corrected chi connectivity index (χ1v) is 3.78. The quantitative estimate of drug-likeness (QED) is 0.288. The van der Waals surface area contributed by atoms with Gasteiger partial charge in [-0.1, -0.05) is 18.1 Å². The lowest BCUT2D eigenvalue weighted by molar-refractivity contribution is -0.671. The Balaban J connectivity index is 0.000000354. The summed E-state index contributed by atoms with van der Waals surface area (Å²) < 4.78 is 4.07. The highest BCUT2D eigenvalue weighted by molar-refractivity contribution is 7.64. The predicted octanol–water partition coefficient (Wildman–Crippen LogP) is 0.513. The van der Waals surface area contributed by atoms with E-state index < -0.39 is 0 Å². The normalized spacial score (nSPS) is 7.67. The van der Waals surface area contributed by atoms with Crippen molar-refractivity contribution in [3.63, 3.8) is 0 Å². The molecule has 0 bridgehead atoms. The van der Waals surface area contributed by atoms with Crippen LogP contribution in [0.15, 0.2) is 31.4 Å². The van der Waals surface area contributed by atoms with Crippen LogP contribution in [-0.2, 0) is 26.2 Å². The monoisotopic (exact) mass is 181 g/mol. The fourth-order valence-corrected chi connectivity index (χ4v) is 0.759. The third-order valence-corrected chi connectivity index (χ3v) is 1.16. The Kier molecular flexibility index (Phi) is 5.66. The first-order chi connectivity index (χ1) is 5.74. The second-order valence-corrected chi connectivity index (χ2v) is 2.34. The molecular weight excluding hydrogens is 170 g/mol. The van der Waals surface area contributed by atoms with Gasteiger partial charge in [0.05, 0.1) is 7.05 Å². The summed E-state index contributed by atoms with van der Waals surface area (Å²) in [5.74, 6) is 0. The third kappa shape index (κ3) is 4.47. The molecule has 0 saturated heterocycles. The van der Waals surface area contributed by atoms with Gasteiger partial charge in [0.15, 0.2) is 0 Å². The Bertz CT molecular complexity index is 272. The topological polar surface area (TPSA) is 32.6 Å². The molecule has 0 fully saturated rings. The second kappa shape index (κ2) is 6.38. The van der Waals surface area contributed by atoms with Gasteiger partial charge in [-0.3, -0.25) is 0 Å². The van der Waals surface area contributed by atoms with Crippen LogP contribution in [0.4, 0.5) is 0 Å². The van der Waals surface area contributed by atoms with Gasteiger partial charge in [-0.2, -0.15) is 0 Å². The highest BCUT2D eigenvalue weighted by Gasteiger charge is 1.93. The lowest BCUT2D eigenvalue weighted by atomic mass is 10.6. The van der Waals surface area contributed by atoms with E-state index in [1.807, 2.05) is 36.4 Å². The van der Waals surface area contributed by atoms with Crippen LogP contribution in [0.5, 0.6) is 0 Å². The first-order valence-electron chi connectivity index (χ1n) is 3.37. The Hall–Kier alpha value is -1.34. The van der Waals surface area contributed by atoms with Gasteiger partial charge in [-0.15, -0.1) is 0 Å². The molecule has 0 aliphatic carbocycles. The average Bonchev–Trinajstić information content (AvgIpc) is 2.38. The average molecular weight is 181 g/mol. The van der Waals surface area contributed by atoms with Gasteiger partial charge in [0, 0.05) is 0 Å². The molecule has 0 N–H and O–H groups in total. The molecule has 0 aromatic carbocycles. The maximum atomic E-state index is 7.13. The van der Waals surface area contributed by atoms with E-state index in [0.717, 1.165) is 6.54 Å². The molecule has 0 saturated carbocycles. The van der Waals surface area contributed by atoms with Crippen LogP contribution in [0, 0.1) is 10.7 Å². The maximum absolute atomic E-state index is 7.13. The second-order valence-electron chi connectivity index (χ2n) is 2.16. The zero-order valence-corrected chi connectivity index (χ0v) is 7.79. The Morgan fingerprint density at radius 3 is 2.75 bits per heavy atom. The van der Waals surface area contributed by atoms with Gasteiger partial charge in [0.25, 0.3) is 0 Å². The van der Waals surface area contributed by atoms with E-state index in [4.69, 9.17) is 5.26 Å². The van der Waals surface area contributed by atoms with Gasteiger partial charge in [0.1, 0.15) is 18.9 Å². The number of aromatic nitrogens is 2. The van der Waals surface area contributed by atoms with Crippen LogP contribution in [0.3, 0.4) is 0 Å². The molecule has 0 amide bonds. The summed E-state index contributed by atoms with van der Waals surface area (Å²) in [5.41, 5.74) is 0. The highest BCUT2D eigenvalue weighted by Crippen LogP contribution is 1.81. The molecule has 1 heterocycles.